The van der Waals surface area contributed by atoms with Crippen LogP contribution in [0.25, 0.3) is 0 Å². The van der Waals surface area contributed by atoms with Crippen LogP contribution >= 0.6 is 0 Å². The van der Waals surface area contributed by atoms with E-state index in [0.717, 1.165) is 12.5 Å². The normalized spacial score (nSPS) is 15.4. The number of ether oxygens (including phenoxy) is 1. The molecule has 2 unspecified atom stereocenters. The summed E-state index contributed by atoms with van der Waals surface area (Å²) < 4.78 is 42.6. The van der Waals surface area contributed by atoms with E-state index in [9.17, 15) is 13.2 Å². The molecule has 18 heavy (non-hydrogen) atoms. The van der Waals surface area contributed by atoms with Crippen molar-refractivity contribution in [2.45, 2.75) is 32.2 Å². The Balaban J connectivity index is 2.73. The summed E-state index contributed by atoms with van der Waals surface area (Å²) in [5, 5.41) is 3.01. The molecule has 2 atom stereocenters. The molecule has 0 saturated carbocycles. The topological polar surface area (TPSA) is 21.3 Å². The van der Waals surface area contributed by atoms with Crippen LogP contribution in [0.3, 0.4) is 0 Å². The summed E-state index contributed by atoms with van der Waals surface area (Å²) in [6, 6.07) is 8.93. The molecule has 0 spiro atoms. The van der Waals surface area contributed by atoms with Crippen molar-refractivity contribution in [2.75, 3.05) is 13.1 Å². The van der Waals surface area contributed by atoms with Crippen LogP contribution in [-0.2, 0) is 4.74 Å². The van der Waals surface area contributed by atoms with E-state index in [2.05, 4.69) is 5.32 Å². The van der Waals surface area contributed by atoms with Gasteiger partial charge in [-0.2, -0.15) is 13.2 Å². The summed E-state index contributed by atoms with van der Waals surface area (Å²) in [6.07, 6.45) is -6.71. The zero-order valence-corrected chi connectivity index (χ0v) is 10.5. The van der Waals surface area contributed by atoms with Crippen LogP contribution in [0.15, 0.2) is 30.3 Å². The molecule has 2 nitrogen and oxygen atoms in total. The van der Waals surface area contributed by atoms with E-state index < -0.39 is 18.4 Å². The molecule has 1 rings (SSSR count). The summed E-state index contributed by atoms with van der Waals surface area (Å²) in [7, 11) is 0. The number of benzene rings is 1. The molecule has 0 radical (unpaired) electrons. The Morgan fingerprint density at radius 2 is 1.83 bits per heavy atom. The monoisotopic (exact) mass is 261 g/mol. The Bertz CT molecular complexity index is 340. The molecular weight excluding hydrogens is 243 g/mol. The fourth-order valence-electron chi connectivity index (χ4n) is 1.51. The first-order valence-corrected chi connectivity index (χ1v) is 5.93. The fourth-order valence-corrected chi connectivity index (χ4v) is 1.51. The Morgan fingerprint density at radius 1 is 1.22 bits per heavy atom. The van der Waals surface area contributed by atoms with Gasteiger partial charge in [-0.15, -0.1) is 0 Å². The maximum atomic E-state index is 12.5. The largest absolute Gasteiger partial charge is 0.414 e. The molecule has 5 heteroatoms. The summed E-state index contributed by atoms with van der Waals surface area (Å²) in [6.45, 7) is 3.98. The van der Waals surface area contributed by atoms with Gasteiger partial charge >= 0.3 is 6.18 Å². The van der Waals surface area contributed by atoms with Crippen molar-refractivity contribution < 1.29 is 17.9 Å². The highest BCUT2D eigenvalue weighted by Crippen LogP contribution is 2.27. The molecule has 1 aromatic rings. The Morgan fingerprint density at radius 3 is 2.33 bits per heavy atom. The number of nitrogens with one attached hydrogen (secondary N) is 1. The van der Waals surface area contributed by atoms with Crippen LogP contribution in [0.5, 0.6) is 0 Å². The smallest absolute Gasteiger partial charge is 0.360 e. The van der Waals surface area contributed by atoms with Gasteiger partial charge in [-0.25, -0.2) is 0 Å². The van der Waals surface area contributed by atoms with Gasteiger partial charge in [0.15, 0.2) is 6.10 Å². The standard InChI is InChI=1S/C13H18F3NO/c1-3-17-9-12(11-7-5-4-6-8-11)18-10(2)13(14,15)16/h4-8,10,12,17H,3,9H2,1-2H3. The molecule has 1 N–H and O–H groups in total. The number of likely N-dealkylation sites (N-methyl/N-ethyl adjacent to an activating group) is 1. The highest BCUT2D eigenvalue weighted by molar-refractivity contribution is 5.18. The van der Waals surface area contributed by atoms with Crippen molar-refractivity contribution in [1.82, 2.24) is 5.32 Å². The van der Waals surface area contributed by atoms with Crippen LogP contribution in [0, 0.1) is 0 Å². The molecule has 0 heterocycles. The van der Waals surface area contributed by atoms with Crippen LogP contribution in [0.1, 0.15) is 25.5 Å². The zero-order chi connectivity index (χ0) is 13.6. The number of hydrogen-bond donors (Lipinski definition) is 1. The predicted octanol–water partition coefficient (Wildman–Crippen LogP) is 3.30. The average molecular weight is 261 g/mol. The molecule has 0 aliphatic rings. The van der Waals surface area contributed by atoms with Crippen molar-refractivity contribution in [3.8, 4) is 0 Å². The summed E-state index contributed by atoms with van der Waals surface area (Å²) in [4.78, 5) is 0. The Hall–Kier alpha value is -1.07. The molecule has 0 fully saturated rings. The molecule has 102 valence electrons. The number of alkyl halides is 3. The van der Waals surface area contributed by atoms with Gasteiger partial charge in [-0.3, -0.25) is 0 Å². The van der Waals surface area contributed by atoms with Crippen LogP contribution in [0.2, 0.25) is 0 Å². The van der Waals surface area contributed by atoms with E-state index in [0.29, 0.717) is 13.1 Å². The molecule has 0 aliphatic heterocycles. The third-order valence-electron chi connectivity index (χ3n) is 2.58. The van der Waals surface area contributed by atoms with Gasteiger partial charge < -0.3 is 10.1 Å². The van der Waals surface area contributed by atoms with Crippen molar-refractivity contribution in [3.05, 3.63) is 35.9 Å². The fraction of sp³-hybridized carbons (Fsp3) is 0.538. The van der Waals surface area contributed by atoms with Crippen molar-refractivity contribution in [2.24, 2.45) is 0 Å². The van der Waals surface area contributed by atoms with E-state index in [1.165, 1.54) is 0 Å². The third-order valence-corrected chi connectivity index (χ3v) is 2.58. The minimum absolute atomic E-state index is 0.362. The molecule has 1 aromatic carbocycles. The SMILES string of the molecule is CCNCC(OC(C)C(F)(F)F)c1ccccc1. The van der Waals surface area contributed by atoms with Crippen molar-refractivity contribution in [3.63, 3.8) is 0 Å². The lowest BCUT2D eigenvalue weighted by molar-refractivity contribution is -0.227. The maximum absolute atomic E-state index is 12.5. The minimum Gasteiger partial charge on any atom is -0.360 e. The molecule has 0 amide bonds. The van der Waals surface area contributed by atoms with Gasteiger partial charge in [0.05, 0.1) is 6.10 Å². The van der Waals surface area contributed by atoms with E-state index in [4.69, 9.17) is 4.74 Å². The summed E-state index contributed by atoms with van der Waals surface area (Å²) in [5.74, 6) is 0. The number of rotatable bonds is 6. The van der Waals surface area contributed by atoms with Crippen LogP contribution in [0.4, 0.5) is 13.2 Å². The van der Waals surface area contributed by atoms with Crippen LogP contribution in [-0.4, -0.2) is 25.4 Å². The van der Waals surface area contributed by atoms with Gasteiger partial charge in [-0.05, 0) is 19.0 Å². The minimum atomic E-state index is -4.33. The van der Waals surface area contributed by atoms with Gasteiger partial charge in [-0.1, -0.05) is 37.3 Å². The van der Waals surface area contributed by atoms with E-state index in [-0.39, 0.29) is 0 Å². The molecule has 0 aliphatic carbocycles. The zero-order valence-electron chi connectivity index (χ0n) is 10.5. The van der Waals surface area contributed by atoms with Crippen molar-refractivity contribution >= 4 is 0 Å². The Labute approximate surface area is 105 Å². The lowest BCUT2D eigenvalue weighted by Crippen LogP contribution is -2.33. The lowest BCUT2D eigenvalue weighted by Gasteiger charge is -2.24. The first-order chi connectivity index (χ1) is 8.45. The average Bonchev–Trinajstić information content (AvgIpc) is 2.34. The van der Waals surface area contributed by atoms with Crippen LogP contribution < -0.4 is 5.32 Å². The molecule has 0 saturated heterocycles. The maximum Gasteiger partial charge on any atom is 0.414 e. The summed E-state index contributed by atoms with van der Waals surface area (Å²) >= 11 is 0. The molecule has 0 bridgehead atoms. The number of halogens is 3. The second-order valence-electron chi connectivity index (χ2n) is 4.03. The van der Waals surface area contributed by atoms with E-state index in [1.54, 1.807) is 24.3 Å². The van der Waals surface area contributed by atoms with Gasteiger partial charge in [0, 0.05) is 6.54 Å². The Kier molecular flexibility index (Phi) is 5.62. The highest BCUT2D eigenvalue weighted by atomic mass is 19.4. The third kappa shape index (κ3) is 4.66. The highest BCUT2D eigenvalue weighted by Gasteiger charge is 2.38. The quantitative estimate of drug-likeness (QED) is 0.848. The molecular formula is C13H18F3NO. The van der Waals surface area contributed by atoms with E-state index in [1.807, 2.05) is 13.0 Å². The van der Waals surface area contributed by atoms with Gasteiger partial charge in [0.25, 0.3) is 0 Å². The predicted molar refractivity (Wildman–Crippen MR) is 64.3 cm³/mol. The van der Waals surface area contributed by atoms with Gasteiger partial charge in [0.2, 0.25) is 0 Å². The van der Waals surface area contributed by atoms with Crippen molar-refractivity contribution in [1.29, 1.82) is 0 Å². The second kappa shape index (κ2) is 6.75. The van der Waals surface area contributed by atoms with Gasteiger partial charge in [0.1, 0.15) is 0 Å². The first-order valence-electron chi connectivity index (χ1n) is 5.93. The lowest BCUT2D eigenvalue weighted by atomic mass is 10.1. The second-order valence-corrected chi connectivity index (χ2v) is 4.03. The number of hydrogen-bond acceptors (Lipinski definition) is 2. The molecule has 0 aromatic heterocycles. The van der Waals surface area contributed by atoms with E-state index >= 15 is 0 Å². The summed E-state index contributed by atoms with van der Waals surface area (Å²) in [5.41, 5.74) is 0.745. The first kappa shape index (κ1) is 15.0.